The highest BCUT2D eigenvalue weighted by Crippen LogP contribution is 2.25. The molecule has 1 atom stereocenters. The van der Waals surface area contributed by atoms with E-state index in [2.05, 4.69) is 5.32 Å². The quantitative estimate of drug-likeness (QED) is 0.868. The van der Waals surface area contributed by atoms with Crippen molar-refractivity contribution in [2.75, 3.05) is 18.4 Å². The van der Waals surface area contributed by atoms with E-state index in [0.29, 0.717) is 30.8 Å². The van der Waals surface area contributed by atoms with Crippen molar-refractivity contribution in [3.63, 3.8) is 0 Å². The van der Waals surface area contributed by atoms with Crippen LogP contribution in [-0.4, -0.2) is 40.9 Å². The Morgan fingerprint density at radius 3 is 2.75 bits per heavy atom. The molecule has 1 saturated heterocycles. The number of piperidine rings is 1. The molecule has 0 aliphatic carbocycles. The van der Waals surface area contributed by atoms with Crippen LogP contribution >= 0.6 is 0 Å². The van der Waals surface area contributed by atoms with Crippen LogP contribution in [0, 0.1) is 12.8 Å². The van der Waals surface area contributed by atoms with E-state index >= 15 is 0 Å². The maximum absolute atomic E-state index is 12.8. The Kier molecular flexibility index (Phi) is 5.95. The number of carboxylic acid groups (broad SMARTS) is 1. The summed E-state index contributed by atoms with van der Waals surface area (Å²) in [5, 5.41) is 11.6. The van der Waals surface area contributed by atoms with Gasteiger partial charge < -0.3 is 15.3 Å². The third-order valence-corrected chi connectivity index (χ3v) is 4.45. The number of hydrogen-bond acceptors (Lipinski definition) is 3. The van der Waals surface area contributed by atoms with Crippen LogP contribution in [0.25, 0.3) is 0 Å². The van der Waals surface area contributed by atoms with Crippen LogP contribution in [0.4, 0.5) is 5.69 Å². The van der Waals surface area contributed by atoms with Crippen molar-refractivity contribution in [1.82, 2.24) is 4.90 Å². The van der Waals surface area contributed by atoms with Gasteiger partial charge in [0.1, 0.15) is 0 Å². The minimum Gasteiger partial charge on any atom is -0.481 e. The fraction of sp³-hybridized carbons (Fsp3) is 0.500. The molecule has 0 saturated carbocycles. The molecule has 1 aromatic rings. The maximum atomic E-state index is 12.8. The summed E-state index contributed by atoms with van der Waals surface area (Å²) >= 11 is 0. The van der Waals surface area contributed by atoms with Gasteiger partial charge in [-0.05, 0) is 49.8 Å². The summed E-state index contributed by atoms with van der Waals surface area (Å²) < 4.78 is 0. The van der Waals surface area contributed by atoms with E-state index in [1.54, 1.807) is 23.1 Å². The van der Waals surface area contributed by atoms with Crippen molar-refractivity contribution in [2.45, 2.75) is 39.5 Å². The van der Waals surface area contributed by atoms with Crippen LogP contribution in [0.3, 0.4) is 0 Å². The molecule has 0 bridgehead atoms. The molecule has 0 aromatic heterocycles. The van der Waals surface area contributed by atoms with E-state index in [0.717, 1.165) is 18.4 Å². The zero-order chi connectivity index (χ0) is 17.7. The molecule has 1 aliphatic heterocycles. The SMILES string of the molecule is CC(=O)Nc1cccc(C(=O)N2CCCC(CCC(=O)O)C2)c1C. The third kappa shape index (κ3) is 4.57. The number of likely N-dealkylation sites (tertiary alicyclic amines) is 1. The van der Waals surface area contributed by atoms with E-state index < -0.39 is 5.97 Å². The van der Waals surface area contributed by atoms with Crippen LogP contribution in [0.1, 0.15) is 48.5 Å². The Hall–Kier alpha value is -2.37. The number of benzene rings is 1. The van der Waals surface area contributed by atoms with Crippen LogP contribution in [0.5, 0.6) is 0 Å². The van der Waals surface area contributed by atoms with Gasteiger partial charge in [-0.3, -0.25) is 14.4 Å². The van der Waals surface area contributed by atoms with Crippen LogP contribution < -0.4 is 5.32 Å². The van der Waals surface area contributed by atoms with Gasteiger partial charge in [-0.25, -0.2) is 0 Å². The first-order chi connectivity index (χ1) is 11.4. The number of rotatable bonds is 5. The Bertz CT molecular complexity index is 642. The lowest BCUT2D eigenvalue weighted by Crippen LogP contribution is -2.40. The van der Waals surface area contributed by atoms with Crippen molar-refractivity contribution >= 4 is 23.5 Å². The standard InChI is InChI=1S/C18H24N2O4/c1-12-15(6-3-7-16(12)19-13(2)21)18(24)20-10-4-5-14(11-20)8-9-17(22)23/h3,6-7,14H,4-5,8-11H2,1-2H3,(H,19,21)(H,22,23). The van der Waals surface area contributed by atoms with Gasteiger partial charge in [0.15, 0.2) is 0 Å². The number of carbonyl (C=O) groups is 3. The number of amides is 2. The summed E-state index contributed by atoms with van der Waals surface area (Å²) in [5.41, 5.74) is 1.98. The van der Waals surface area contributed by atoms with Gasteiger partial charge in [-0.15, -0.1) is 0 Å². The minimum absolute atomic E-state index is 0.0558. The topological polar surface area (TPSA) is 86.7 Å². The van der Waals surface area contributed by atoms with Gasteiger partial charge in [0.05, 0.1) is 0 Å². The zero-order valence-corrected chi connectivity index (χ0v) is 14.2. The first-order valence-electron chi connectivity index (χ1n) is 8.26. The molecule has 1 heterocycles. The number of nitrogens with zero attached hydrogens (tertiary/aromatic N) is 1. The Morgan fingerprint density at radius 1 is 1.33 bits per heavy atom. The summed E-state index contributed by atoms with van der Waals surface area (Å²) in [6, 6.07) is 5.31. The van der Waals surface area contributed by atoms with E-state index in [-0.39, 0.29) is 24.2 Å². The summed E-state index contributed by atoms with van der Waals surface area (Å²) in [4.78, 5) is 36.6. The van der Waals surface area contributed by atoms with E-state index in [1.165, 1.54) is 6.92 Å². The summed E-state index contributed by atoms with van der Waals surface area (Å²) in [7, 11) is 0. The lowest BCUT2D eigenvalue weighted by molar-refractivity contribution is -0.137. The van der Waals surface area contributed by atoms with E-state index in [4.69, 9.17) is 5.11 Å². The maximum Gasteiger partial charge on any atom is 0.303 e. The molecule has 24 heavy (non-hydrogen) atoms. The number of nitrogens with one attached hydrogen (secondary N) is 1. The number of anilines is 1. The molecule has 2 rings (SSSR count). The van der Waals surface area contributed by atoms with Crippen molar-refractivity contribution in [1.29, 1.82) is 0 Å². The van der Waals surface area contributed by atoms with E-state index in [9.17, 15) is 14.4 Å². The fourth-order valence-corrected chi connectivity index (χ4v) is 3.18. The molecular formula is C18H24N2O4. The lowest BCUT2D eigenvalue weighted by Gasteiger charge is -2.33. The highest BCUT2D eigenvalue weighted by molar-refractivity contribution is 5.99. The summed E-state index contributed by atoms with van der Waals surface area (Å²) in [5.74, 6) is -0.788. The van der Waals surface area contributed by atoms with Crippen LogP contribution in [-0.2, 0) is 9.59 Å². The second-order valence-electron chi connectivity index (χ2n) is 6.35. The van der Waals surface area contributed by atoms with Gasteiger partial charge in [0.2, 0.25) is 5.91 Å². The zero-order valence-electron chi connectivity index (χ0n) is 14.2. The largest absolute Gasteiger partial charge is 0.481 e. The molecule has 6 nitrogen and oxygen atoms in total. The molecule has 1 aromatic carbocycles. The molecule has 2 amide bonds. The lowest BCUT2D eigenvalue weighted by atomic mass is 9.92. The molecular weight excluding hydrogens is 308 g/mol. The Balaban J connectivity index is 2.10. The third-order valence-electron chi connectivity index (χ3n) is 4.45. The molecule has 1 aliphatic rings. The molecule has 1 unspecified atom stereocenters. The Morgan fingerprint density at radius 2 is 2.08 bits per heavy atom. The van der Waals surface area contributed by atoms with Gasteiger partial charge in [0, 0.05) is 37.7 Å². The highest BCUT2D eigenvalue weighted by Gasteiger charge is 2.26. The van der Waals surface area contributed by atoms with Gasteiger partial charge in [-0.2, -0.15) is 0 Å². The number of hydrogen-bond donors (Lipinski definition) is 2. The van der Waals surface area contributed by atoms with Crippen molar-refractivity contribution in [3.05, 3.63) is 29.3 Å². The summed E-state index contributed by atoms with van der Waals surface area (Å²) in [6.07, 6.45) is 2.59. The highest BCUT2D eigenvalue weighted by atomic mass is 16.4. The van der Waals surface area contributed by atoms with Crippen molar-refractivity contribution in [3.8, 4) is 0 Å². The number of carboxylic acids is 1. The van der Waals surface area contributed by atoms with Crippen LogP contribution in [0.2, 0.25) is 0 Å². The van der Waals surface area contributed by atoms with Gasteiger partial charge in [-0.1, -0.05) is 6.07 Å². The average molecular weight is 332 g/mol. The van der Waals surface area contributed by atoms with Crippen molar-refractivity contribution in [2.24, 2.45) is 5.92 Å². The average Bonchev–Trinajstić information content (AvgIpc) is 2.54. The number of aliphatic carboxylic acids is 1. The van der Waals surface area contributed by atoms with Crippen LogP contribution in [0.15, 0.2) is 18.2 Å². The van der Waals surface area contributed by atoms with E-state index in [1.807, 2.05) is 6.92 Å². The molecule has 0 radical (unpaired) electrons. The second kappa shape index (κ2) is 7.95. The van der Waals surface area contributed by atoms with Gasteiger partial charge in [0.25, 0.3) is 5.91 Å². The predicted octanol–water partition coefficient (Wildman–Crippen LogP) is 2.67. The molecule has 2 N–H and O–H groups in total. The first kappa shape index (κ1) is 18.0. The van der Waals surface area contributed by atoms with Crippen molar-refractivity contribution < 1.29 is 19.5 Å². The molecule has 130 valence electrons. The second-order valence-corrected chi connectivity index (χ2v) is 6.35. The predicted molar refractivity (Wildman–Crippen MR) is 91.0 cm³/mol. The smallest absolute Gasteiger partial charge is 0.303 e. The molecule has 0 spiro atoms. The normalized spacial score (nSPS) is 17.4. The fourth-order valence-electron chi connectivity index (χ4n) is 3.18. The summed E-state index contributed by atoms with van der Waals surface area (Å²) in [6.45, 7) is 4.54. The number of carbonyl (C=O) groups excluding carboxylic acids is 2. The molecule has 1 fully saturated rings. The molecule has 6 heteroatoms. The first-order valence-corrected chi connectivity index (χ1v) is 8.26. The Labute approximate surface area is 141 Å². The monoisotopic (exact) mass is 332 g/mol. The minimum atomic E-state index is -0.794. The van der Waals surface area contributed by atoms with Gasteiger partial charge >= 0.3 is 5.97 Å².